The summed E-state index contributed by atoms with van der Waals surface area (Å²) in [6.07, 6.45) is 0.183. The lowest BCUT2D eigenvalue weighted by atomic mass is 10.0. The number of nitrogens with one attached hydrogen (secondary N) is 1. The summed E-state index contributed by atoms with van der Waals surface area (Å²) in [5.41, 5.74) is 0.683. The molecule has 0 fully saturated rings. The Morgan fingerprint density at radius 1 is 0.927 bits per heavy atom. The molecule has 0 heterocycles. The van der Waals surface area contributed by atoms with Gasteiger partial charge in [0.2, 0.25) is 11.8 Å². The second kappa shape index (κ2) is 13.6. The van der Waals surface area contributed by atoms with Gasteiger partial charge < -0.3 is 10.2 Å². The second-order valence-corrected chi connectivity index (χ2v) is 13.8. The minimum absolute atomic E-state index is 0.0143. The van der Waals surface area contributed by atoms with E-state index in [-0.39, 0.29) is 18.7 Å². The third-order valence-electron chi connectivity index (χ3n) is 6.15. The molecule has 0 radical (unpaired) electrons. The zero-order valence-corrected chi connectivity index (χ0v) is 26.2. The molecule has 0 aliphatic heterocycles. The first-order valence-electron chi connectivity index (χ1n) is 13.0. The van der Waals surface area contributed by atoms with Gasteiger partial charge in [0.1, 0.15) is 18.4 Å². The van der Waals surface area contributed by atoms with Crippen LogP contribution in [0.1, 0.15) is 31.9 Å². The van der Waals surface area contributed by atoms with Gasteiger partial charge in [0.05, 0.1) is 5.69 Å². The molecule has 2 amide bonds. The topological polar surface area (TPSA) is 90.0 Å². The Morgan fingerprint density at radius 2 is 1.54 bits per heavy atom. The molecule has 11 heteroatoms. The van der Waals surface area contributed by atoms with Gasteiger partial charge in [0.25, 0.3) is 0 Å². The monoisotopic (exact) mass is 646 g/mol. The first-order chi connectivity index (χ1) is 19.2. The molecule has 0 spiro atoms. The summed E-state index contributed by atoms with van der Waals surface area (Å²) in [4.78, 5) is 29.3. The fourth-order valence-corrected chi connectivity index (χ4v) is 5.71. The van der Waals surface area contributed by atoms with Crippen LogP contribution in [0.5, 0.6) is 0 Å². The molecule has 1 N–H and O–H groups in total. The third-order valence-corrected chi connectivity index (χ3v) is 8.45. The molecule has 1 unspecified atom stereocenters. The molecule has 0 aromatic heterocycles. The molecule has 0 aliphatic rings. The number of para-hydroxylation sites is 1. The molecule has 0 saturated carbocycles. The van der Waals surface area contributed by atoms with Gasteiger partial charge in [-0.25, -0.2) is 8.70 Å². The van der Waals surface area contributed by atoms with Crippen LogP contribution < -0.4 is 9.62 Å². The molecule has 8 nitrogen and oxygen atoms in total. The van der Waals surface area contributed by atoms with Crippen molar-refractivity contribution in [3.8, 4) is 0 Å². The number of amides is 2. The number of carbonyl (C=O) groups excluding carboxylic acids is 2. The van der Waals surface area contributed by atoms with Crippen LogP contribution in [0.3, 0.4) is 0 Å². The van der Waals surface area contributed by atoms with Gasteiger partial charge in [-0.15, -0.1) is 0 Å². The van der Waals surface area contributed by atoms with E-state index in [0.29, 0.717) is 0 Å². The Labute approximate surface area is 250 Å². The Morgan fingerprint density at radius 3 is 2.12 bits per heavy atom. The van der Waals surface area contributed by atoms with Gasteiger partial charge in [0.15, 0.2) is 0 Å². The van der Waals surface area contributed by atoms with Gasteiger partial charge in [-0.05, 0) is 56.2 Å². The molecule has 1 atom stereocenters. The summed E-state index contributed by atoms with van der Waals surface area (Å²) in [5, 5.41) is 2.97. The number of anilines is 1. The van der Waals surface area contributed by atoms with Crippen LogP contribution in [0.4, 0.5) is 10.1 Å². The third kappa shape index (κ3) is 8.85. The van der Waals surface area contributed by atoms with E-state index in [0.717, 1.165) is 30.3 Å². The van der Waals surface area contributed by atoms with Crippen LogP contribution in [0.25, 0.3) is 0 Å². The fraction of sp³-hybridized carbons (Fsp3) is 0.333. The summed E-state index contributed by atoms with van der Waals surface area (Å²) >= 11 is 3.45. The lowest BCUT2D eigenvalue weighted by molar-refractivity contribution is -0.140. The quantitative estimate of drug-likeness (QED) is 0.325. The highest BCUT2D eigenvalue weighted by Gasteiger charge is 2.36. The summed E-state index contributed by atoms with van der Waals surface area (Å²) in [5.74, 6) is -1.85. The first kappa shape index (κ1) is 32.2. The van der Waals surface area contributed by atoms with Gasteiger partial charge in [-0.1, -0.05) is 70.5 Å². The van der Waals surface area contributed by atoms with Crippen LogP contribution in [0.15, 0.2) is 83.3 Å². The number of hydrogen-bond donors (Lipinski definition) is 1. The van der Waals surface area contributed by atoms with E-state index in [9.17, 15) is 22.4 Å². The van der Waals surface area contributed by atoms with E-state index in [1.807, 2.05) is 75.4 Å². The van der Waals surface area contributed by atoms with Gasteiger partial charge in [-0.2, -0.15) is 12.7 Å². The number of carbonyl (C=O) groups is 2. The van der Waals surface area contributed by atoms with Crippen LogP contribution in [0, 0.1) is 5.82 Å². The fourth-order valence-electron chi connectivity index (χ4n) is 4.19. The van der Waals surface area contributed by atoms with Crippen LogP contribution in [-0.4, -0.2) is 61.7 Å². The molecule has 3 aromatic carbocycles. The van der Waals surface area contributed by atoms with E-state index >= 15 is 0 Å². The van der Waals surface area contributed by atoms with E-state index < -0.39 is 46.0 Å². The summed E-state index contributed by atoms with van der Waals surface area (Å²) < 4.78 is 44.1. The van der Waals surface area contributed by atoms with Crippen molar-refractivity contribution in [2.45, 2.75) is 45.3 Å². The number of nitrogens with zero attached hydrogens (tertiary/aromatic N) is 3. The molecule has 3 rings (SSSR count). The lowest BCUT2D eigenvalue weighted by Gasteiger charge is -2.35. The maximum Gasteiger partial charge on any atom is 0.304 e. The maximum atomic E-state index is 14.9. The largest absolute Gasteiger partial charge is 0.350 e. The lowest BCUT2D eigenvalue weighted by Crippen LogP contribution is -2.56. The number of hydrogen-bond acceptors (Lipinski definition) is 4. The van der Waals surface area contributed by atoms with Crippen molar-refractivity contribution in [3.05, 3.63) is 100 Å². The van der Waals surface area contributed by atoms with E-state index in [2.05, 4.69) is 21.2 Å². The molecule has 0 saturated heterocycles. The molecule has 220 valence electrons. The molecule has 0 aliphatic carbocycles. The van der Waals surface area contributed by atoms with Crippen LogP contribution >= 0.6 is 15.9 Å². The van der Waals surface area contributed by atoms with Gasteiger partial charge in [-0.3, -0.25) is 9.59 Å². The Bertz CT molecular complexity index is 1460. The van der Waals surface area contributed by atoms with Crippen molar-refractivity contribution in [2.24, 2.45) is 0 Å². The Hall–Kier alpha value is -3.28. The zero-order chi connectivity index (χ0) is 30.4. The Balaban J connectivity index is 2.13. The SMILES string of the molecule is CN(C)S(=O)(=O)N(CC(=O)N(Cc1cccc(Br)c1)C(Cc1ccccc1)C(=O)NC(C)(C)C)c1ccccc1F. The van der Waals surface area contributed by atoms with E-state index in [1.54, 1.807) is 0 Å². The number of halogens is 2. The van der Waals surface area contributed by atoms with Gasteiger partial charge in [0, 0.05) is 37.1 Å². The average molecular weight is 648 g/mol. The highest BCUT2D eigenvalue weighted by atomic mass is 79.9. The predicted octanol–water partition coefficient (Wildman–Crippen LogP) is 4.76. The van der Waals surface area contributed by atoms with E-state index in [1.165, 1.54) is 37.2 Å². The zero-order valence-electron chi connectivity index (χ0n) is 23.8. The first-order valence-corrected chi connectivity index (χ1v) is 15.2. The minimum atomic E-state index is -4.29. The highest BCUT2D eigenvalue weighted by Crippen LogP contribution is 2.25. The van der Waals surface area contributed by atoms with Crippen molar-refractivity contribution in [1.82, 2.24) is 14.5 Å². The molecular formula is C30H36BrFN4O4S. The molecule has 41 heavy (non-hydrogen) atoms. The van der Waals surface area contributed by atoms with Crippen LogP contribution in [0.2, 0.25) is 0 Å². The van der Waals surface area contributed by atoms with Crippen LogP contribution in [-0.2, 0) is 32.8 Å². The van der Waals surface area contributed by atoms with E-state index in [4.69, 9.17) is 0 Å². The van der Waals surface area contributed by atoms with Gasteiger partial charge >= 0.3 is 10.2 Å². The average Bonchev–Trinajstić information content (AvgIpc) is 2.89. The van der Waals surface area contributed by atoms with Crippen molar-refractivity contribution in [1.29, 1.82) is 0 Å². The minimum Gasteiger partial charge on any atom is -0.350 e. The molecular weight excluding hydrogens is 611 g/mol. The van der Waals surface area contributed by atoms with Crippen molar-refractivity contribution in [2.75, 3.05) is 24.9 Å². The molecule has 0 bridgehead atoms. The van der Waals surface area contributed by atoms with Crippen molar-refractivity contribution >= 4 is 43.6 Å². The summed E-state index contributed by atoms with van der Waals surface area (Å²) in [7, 11) is -1.67. The predicted molar refractivity (Wildman–Crippen MR) is 163 cm³/mol. The second-order valence-electron chi connectivity index (χ2n) is 10.8. The number of benzene rings is 3. The maximum absolute atomic E-state index is 14.9. The smallest absolute Gasteiger partial charge is 0.304 e. The summed E-state index contributed by atoms with van der Waals surface area (Å²) in [6, 6.07) is 20.9. The highest BCUT2D eigenvalue weighted by molar-refractivity contribution is 9.10. The number of rotatable bonds is 11. The summed E-state index contributed by atoms with van der Waals surface area (Å²) in [6.45, 7) is 4.82. The standard InChI is InChI=1S/C30H36BrFN4O4S/c1-30(2,3)33-29(38)27(19-22-12-7-6-8-13-22)35(20-23-14-11-15-24(31)18-23)28(37)21-36(41(39,40)34(4)5)26-17-10-9-16-25(26)32/h6-18,27H,19-21H2,1-5H3,(H,33,38). The normalized spacial score (nSPS) is 12.6. The van der Waals surface area contributed by atoms with Crippen molar-refractivity contribution in [3.63, 3.8) is 0 Å². The molecule has 3 aromatic rings. The van der Waals surface area contributed by atoms with Crippen molar-refractivity contribution < 1.29 is 22.4 Å². The Kier molecular flexibility index (Phi) is 10.7.